The van der Waals surface area contributed by atoms with Crippen molar-refractivity contribution >= 4 is 11.0 Å². The van der Waals surface area contributed by atoms with Crippen molar-refractivity contribution in [2.45, 2.75) is 45.1 Å². The van der Waals surface area contributed by atoms with Crippen LogP contribution in [0.4, 0.5) is 0 Å². The van der Waals surface area contributed by atoms with Crippen LogP contribution in [0.2, 0.25) is 0 Å². The van der Waals surface area contributed by atoms with Crippen LogP contribution in [0.1, 0.15) is 44.1 Å². The summed E-state index contributed by atoms with van der Waals surface area (Å²) >= 11 is 0. The first-order valence-electron chi connectivity index (χ1n) is 8.20. The van der Waals surface area contributed by atoms with E-state index >= 15 is 0 Å². The quantitative estimate of drug-likeness (QED) is 0.720. The maximum atomic E-state index is 5.77. The van der Waals surface area contributed by atoms with Gasteiger partial charge >= 0.3 is 0 Å². The maximum Gasteiger partial charge on any atom is 0.259 e. The first-order chi connectivity index (χ1) is 11.4. The largest absolute Gasteiger partial charge is 0.376 e. The van der Waals surface area contributed by atoms with E-state index < -0.39 is 0 Å². The maximum absolute atomic E-state index is 5.77. The van der Waals surface area contributed by atoms with Crippen LogP contribution in [0.25, 0.3) is 22.5 Å². The lowest BCUT2D eigenvalue weighted by Gasteiger charge is -2.34. The summed E-state index contributed by atoms with van der Waals surface area (Å²) in [4.78, 5) is 9.09. The summed E-state index contributed by atoms with van der Waals surface area (Å²) in [5, 5.41) is 9.59. The van der Waals surface area contributed by atoms with Gasteiger partial charge in [-0.1, -0.05) is 5.16 Å². The molecule has 3 aromatic heterocycles. The molecule has 0 aromatic carbocycles. The van der Waals surface area contributed by atoms with Gasteiger partial charge in [-0.15, -0.1) is 0 Å². The van der Waals surface area contributed by atoms with Crippen LogP contribution in [0.3, 0.4) is 0 Å². The van der Waals surface area contributed by atoms with Crippen LogP contribution in [-0.4, -0.2) is 37.1 Å². The summed E-state index contributed by atoms with van der Waals surface area (Å²) in [5.41, 5.74) is 2.47. The van der Waals surface area contributed by atoms with Crippen molar-refractivity contribution in [3.63, 3.8) is 0 Å². The van der Waals surface area contributed by atoms with Gasteiger partial charge in [0.25, 0.3) is 5.89 Å². The number of rotatable bonds is 2. The summed E-state index contributed by atoms with van der Waals surface area (Å²) in [6.45, 7) is 6.90. The average Bonchev–Trinajstić information content (AvgIpc) is 3.12. The third kappa shape index (κ3) is 2.58. The predicted octanol–water partition coefficient (Wildman–Crippen LogP) is 3.00. The first kappa shape index (κ1) is 15.3. The van der Waals surface area contributed by atoms with Crippen molar-refractivity contribution in [1.29, 1.82) is 0 Å². The van der Waals surface area contributed by atoms with Gasteiger partial charge in [0.05, 0.1) is 16.9 Å². The molecule has 4 heterocycles. The second-order valence-corrected chi connectivity index (χ2v) is 7.06. The number of aryl methyl sites for hydroxylation is 2. The lowest BCUT2D eigenvalue weighted by molar-refractivity contribution is -0.0604. The molecule has 1 aliphatic heterocycles. The molecule has 126 valence electrons. The smallest absolute Gasteiger partial charge is 0.259 e. The van der Waals surface area contributed by atoms with Crippen molar-refractivity contribution in [3.05, 3.63) is 23.8 Å². The van der Waals surface area contributed by atoms with Crippen molar-refractivity contribution in [2.75, 3.05) is 6.61 Å². The highest BCUT2D eigenvalue weighted by molar-refractivity contribution is 5.81. The lowest BCUT2D eigenvalue weighted by Crippen LogP contribution is -2.33. The van der Waals surface area contributed by atoms with Crippen LogP contribution >= 0.6 is 0 Å². The molecule has 0 unspecified atom stereocenters. The van der Waals surface area contributed by atoms with Crippen molar-refractivity contribution in [1.82, 2.24) is 24.9 Å². The van der Waals surface area contributed by atoms with Crippen LogP contribution in [-0.2, 0) is 11.8 Å². The van der Waals surface area contributed by atoms with E-state index in [0.29, 0.717) is 5.89 Å². The monoisotopic (exact) mass is 327 g/mol. The molecule has 1 atom stereocenters. The highest BCUT2D eigenvalue weighted by Crippen LogP contribution is 2.35. The topological polar surface area (TPSA) is 78.9 Å². The van der Waals surface area contributed by atoms with Gasteiger partial charge in [-0.25, -0.2) is 4.98 Å². The molecule has 4 rings (SSSR count). The fourth-order valence-corrected chi connectivity index (χ4v) is 3.40. The zero-order valence-corrected chi connectivity index (χ0v) is 14.4. The van der Waals surface area contributed by atoms with Crippen LogP contribution in [0, 0.1) is 6.92 Å². The molecule has 0 radical (unpaired) electrons. The Hall–Kier alpha value is -2.28. The van der Waals surface area contributed by atoms with Crippen molar-refractivity contribution in [3.8, 4) is 11.5 Å². The molecule has 0 amide bonds. The van der Waals surface area contributed by atoms with Crippen LogP contribution in [0.15, 0.2) is 16.8 Å². The number of fused-ring (bicyclic) bond motifs is 1. The number of hydrogen-bond acceptors (Lipinski definition) is 6. The van der Waals surface area contributed by atoms with E-state index in [-0.39, 0.29) is 11.5 Å². The Kier molecular flexibility index (Phi) is 3.42. The average molecular weight is 327 g/mol. The molecule has 1 fully saturated rings. The zero-order chi connectivity index (χ0) is 16.9. The molecular formula is C17H21N5O2. The van der Waals surface area contributed by atoms with Crippen molar-refractivity contribution in [2.24, 2.45) is 7.05 Å². The Labute approximate surface area is 140 Å². The van der Waals surface area contributed by atoms with Gasteiger partial charge in [0, 0.05) is 31.2 Å². The Morgan fingerprint density at radius 1 is 1.33 bits per heavy atom. The van der Waals surface area contributed by atoms with E-state index in [1.54, 1.807) is 10.9 Å². The van der Waals surface area contributed by atoms with E-state index in [1.807, 2.05) is 20.0 Å². The van der Waals surface area contributed by atoms with Gasteiger partial charge in [0.1, 0.15) is 0 Å². The number of hydrogen-bond donors (Lipinski definition) is 0. The fourth-order valence-electron chi connectivity index (χ4n) is 3.40. The normalized spacial score (nSPS) is 20.6. The summed E-state index contributed by atoms with van der Waals surface area (Å²) in [6.07, 6.45) is 3.57. The van der Waals surface area contributed by atoms with E-state index in [9.17, 15) is 0 Å². The summed E-state index contributed by atoms with van der Waals surface area (Å²) in [6, 6.07) is 2.01. The molecule has 0 aliphatic carbocycles. The first-order valence-corrected chi connectivity index (χ1v) is 8.20. The summed E-state index contributed by atoms with van der Waals surface area (Å²) < 4.78 is 13.0. The van der Waals surface area contributed by atoms with Crippen LogP contribution in [0.5, 0.6) is 0 Å². The lowest BCUT2D eigenvalue weighted by atomic mass is 9.88. The minimum atomic E-state index is -0.142. The Balaban J connectivity index is 1.66. The zero-order valence-electron chi connectivity index (χ0n) is 14.4. The summed E-state index contributed by atoms with van der Waals surface area (Å²) in [5.74, 6) is 1.53. The molecular weight excluding hydrogens is 306 g/mol. The Morgan fingerprint density at radius 2 is 2.17 bits per heavy atom. The molecule has 1 aliphatic rings. The second-order valence-electron chi connectivity index (χ2n) is 7.06. The summed E-state index contributed by atoms with van der Waals surface area (Å²) in [7, 11) is 1.89. The number of nitrogens with zero attached hydrogens (tertiary/aromatic N) is 5. The third-order valence-electron chi connectivity index (χ3n) is 4.61. The third-order valence-corrected chi connectivity index (χ3v) is 4.61. The Morgan fingerprint density at radius 3 is 2.96 bits per heavy atom. The minimum absolute atomic E-state index is 0.142. The molecule has 1 saturated heterocycles. The molecule has 0 saturated carbocycles. The van der Waals surface area contributed by atoms with Gasteiger partial charge < -0.3 is 9.26 Å². The molecule has 7 nitrogen and oxygen atoms in total. The van der Waals surface area contributed by atoms with Gasteiger partial charge in [0.2, 0.25) is 0 Å². The molecule has 0 spiro atoms. The highest BCUT2D eigenvalue weighted by Gasteiger charge is 2.32. The number of pyridine rings is 1. The van der Waals surface area contributed by atoms with Gasteiger partial charge in [-0.3, -0.25) is 4.68 Å². The number of ether oxygens (including phenoxy) is 1. The van der Waals surface area contributed by atoms with Gasteiger partial charge in [0.15, 0.2) is 11.5 Å². The minimum Gasteiger partial charge on any atom is -0.376 e. The standard InChI is InChI=1S/C17H21N5O2/c1-10-13-7-12(9-18-15(13)22(4)20-10)16-19-14(21-24-16)11-5-6-23-17(2,3)8-11/h7,9,11H,5-6,8H2,1-4H3/t11-/m0/s1. The van der Waals surface area contributed by atoms with Gasteiger partial charge in [-0.05, 0) is 39.7 Å². The second kappa shape index (κ2) is 5.37. The van der Waals surface area contributed by atoms with E-state index in [4.69, 9.17) is 9.26 Å². The van der Waals surface area contributed by atoms with E-state index in [2.05, 4.69) is 34.1 Å². The predicted molar refractivity (Wildman–Crippen MR) is 88.5 cm³/mol. The Bertz CT molecular complexity index is 896. The van der Waals surface area contributed by atoms with E-state index in [1.165, 1.54) is 0 Å². The molecule has 24 heavy (non-hydrogen) atoms. The van der Waals surface area contributed by atoms with Crippen LogP contribution < -0.4 is 0 Å². The molecule has 0 N–H and O–H groups in total. The SMILES string of the molecule is Cc1nn(C)c2ncc(-c3nc([C@H]4CCOC(C)(C)C4)no3)cc12. The molecule has 0 bridgehead atoms. The fraction of sp³-hybridized carbons (Fsp3) is 0.529. The highest BCUT2D eigenvalue weighted by atomic mass is 16.5. The molecule has 7 heteroatoms. The molecule has 3 aromatic rings. The van der Waals surface area contributed by atoms with Gasteiger partial charge in [-0.2, -0.15) is 10.1 Å². The van der Waals surface area contributed by atoms with E-state index in [0.717, 1.165) is 47.6 Å². The number of aromatic nitrogens is 5. The van der Waals surface area contributed by atoms with Crippen molar-refractivity contribution < 1.29 is 9.26 Å².